The van der Waals surface area contributed by atoms with Gasteiger partial charge in [-0.3, -0.25) is 4.90 Å². The van der Waals surface area contributed by atoms with Gasteiger partial charge in [-0.15, -0.1) is 11.3 Å². The quantitative estimate of drug-likeness (QED) is 0.875. The van der Waals surface area contributed by atoms with Crippen molar-refractivity contribution >= 4 is 11.3 Å². The predicted octanol–water partition coefficient (Wildman–Crippen LogP) is 3.62. The van der Waals surface area contributed by atoms with E-state index in [1.807, 2.05) is 11.3 Å². The zero-order valence-electron chi connectivity index (χ0n) is 11.7. The van der Waals surface area contributed by atoms with Crippen LogP contribution >= 0.6 is 11.3 Å². The molecule has 3 heteroatoms. The maximum Gasteiger partial charge on any atom is 0.0330 e. The zero-order valence-corrected chi connectivity index (χ0v) is 12.6. The predicted molar refractivity (Wildman–Crippen MR) is 80.0 cm³/mol. The summed E-state index contributed by atoms with van der Waals surface area (Å²) in [6, 6.07) is 5.35. The van der Waals surface area contributed by atoms with Crippen molar-refractivity contribution in [2.45, 2.75) is 58.7 Å². The van der Waals surface area contributed by atoms with Crippen molar-refractivity contribution in [2.24, 2.45) is 0 Å². The first kappa shape index (κ1) is 14.0. The van der Waals surface area contributed by atoms with Gasteiger partial charge in [0.2, 0.25) is 0 Å². The van der Waals surface area contributed by atoms with Crippen molar-refractivity contribution < 1.29 is 0 Å². The van der Waals surface area contributed by atoms with Crippen molar-refractivity contribution in [3.05, 3.63) is 21.9 Å². The van der Waals surface area contributed by atoms with Gasteiger partial charge in [-0.05, 0) is 45.0 Å². The molecular weight excluding hydrogens is 240 g/mol. The summed E-state index contributed by atoms with van der Waals surface area (Å²) < 4.78 is 0. The Kier molecular flexibility index (Phi) is 5.67. The molecule has 2 nitrogen and oxygen atoms in total. The normalized spacial score (nSPS) is 22.0. The minimum absolute atomic E-state index is 0.756. The monoisotopic (exact) mass is 266 g/mol. The highest BCUT2D eigenvalue weighted by Gasteiger charge is 2.17. The van der Waals surface area contributed by atoms with Crippen LogP contribution in [0.2, 0.25) is 0 Å². The Balaban J connectivity index is 1.89. The van der Waals surface area contributed by atoms with Gasteiger partial charge >= 0.3 is 0 Å². The maximum absolute atomic E-state index is 3.40. The van der Waals surface area contributed by atoms with Crippen LogP contribution in [0.15, 0.2) is 12.1 Å². The number of thiophene rings is 1. The third-order valence-electron chi connectivity index (χ3n) is 3.82. The standard InChI is InChI=1S/C15H26N2S/c1-3-16-11-14-8-9-15(18-14)12-17-10-6-4-5-7-13(17)2/h8-9,13,16H,3-7,10-12H2,1-2H3. The highest BCUT2D eigenvalue weighted by atomic mass is 32.1. The summed E-state index contributed by atoms with van der Waals surface area (Å²) in [4.78, 5) is 5.65. The van der Waals surface area contributed by atoms with E-state index in [0.29, 0.717) is 0 Å². The number of likely N-dealkylation sites (tertiary alicyclic amines) is 1. The zero-order chi connectivity index (χ0) is 12.8. The Labute approximate surface area is 115 Å². The molecule has 1 unspecified atom stereocenters. The summed E-state index contributed by atoms with van der Waals surface area (Å²) in [7, 11) is 0. The fraction of sp³-hybridized carbons (Fsp3) is 0.733. The van der Waals surface area contributed by atoms with Gasteiger partial charge in [0.05, 0.1) is 0 Å². The van der Waals surface area contributed by atoms with E-state index in [4.69, 9.17) is 0 Å². The molecule has 0 radical (unpaired) electrons. The topological polar surface area (TPSA) is 15.3 Å². The molecule has 1 N–H and O–H groups in total. The van der Waals surface area contributed by atoms with Crippen LogP contribution in [0.1, 0.15) is 49.3 Å². The minimum Gasteiger partial charge on any atom is -0.312 e. The molecule has 0 amide bonds. The van der Waals surface area contributed by atoms with E-state index in [0.717, 1.165) is 25.7 Å². The minimum atomic E-state index is 0.756. The molecule has 1 saturated heterocycles. The molecule has 18 heavy (non-hydrogen) atoms. The van der Waals surface area contributed by atoms with Gasteiger partial charge in [0.1, 0.15) is 0 Å². The lowest BCUT2D eigenvalue weighted by Gasteiger charge is -2.26. The molecule has 2 heterocycles. The Bertz CT molecular complexity index is 348. The fourth-order valence-corrected chi connectivity index (χ4v) is 3.63. The van der Waals surface area contributed by atoms with E-state index in [1.165, 1.54) is 42.0 Å². The summed E-state index contributed by atoms with van der Waals surface area (Å²) in [5.74, 6) is 0. The van der Waals surface area contributed by atoms with Crippen LogP contribution in [0.4, 0.5) is 0 Å². The summed E-state index contributed by atoms with van der Waals surface area (Å²) in [5, 5.41) is 3.40. The second-order valence-electron chi connectivity index (χ2n) is 5.32. The summed E-state index contributed by atoms with van der Waals surface area (Å²) in [6.07, 6.45) is 5.57. The smallest absolute Gasteiger partial charge is 0.0330 e. The third kappa shape index (κ3) is 4.08. The van der Waals surface area contributed by atoms with E-state index < -0.39 is 0 Å². The lowest BCUT2D eigenvalue weighted by Crippen LogP contribution is -2.31. The van der Waals surface area contributed by atoms with Crippen LogP contribution in [0.25, 0.3) is 0 Å². The Morgan fingerprint density at radius 1 is 1.28 bits per heavy atom. The summed E-state index contributed by atoms with van der Waals surface area (Å²) >= 11 is 1.97. The second kappa shape index (κ2) is 7.27. The largest absolute Gasteiger partial charge is 0.312 e. The molecule has 0 aromatic carbocycles. The molecule has 1 atom stereocenters. The molecule has 0 saturated carbocycles. The van der Waals surface area contributed by atoms with Gasteiger partial charge in [-0.2, -0.15) is 0 Å². The average molecular weight is 266 g/mol. The van der Waals surface area contributed by atoms with Crippen molar-refractivity contribution in [3.8, 4) is 0 Å². The van der Waals surface area contributed by atoms with E-state index in [1.54, 1.807) is 0 Å². The van der Waals surface area contributed by atoms with E-state index >= 15 is 0 Å². The van der Waals surface area contributed by atoms with Gasteiger partial charge in [0.25, 0.3) is 0 Å². The Morgan fingerprint density at radius 3 is 2.94 bits per heavy atom. The van der Waals surface area contributed by atoms with Crippen molar-refractivity contribution in [1.82, 2.24) is 10.2 Å². The maximum atomic E-state index is 3.40. The molecule has 1 fully saturated rings. The molecule has 1 aliphatic heterocycles. The van der Waals surface area contributed by atoms with E-state index in [-0.39, 0.29) is 0 Å². The van der Waals surface area contributed by atoms with Crippen LogP contribution in [-0.2, 0) is 13.1 Å². The van der Waals surface area contributed by atoms with Crippen LogP contribution in [0, 0.1) is 0 Å². The lowest BCUT2D eigenvalue weighted by molar-refractivity contribution is 0.207. The Morgan fingerprint density at radius 2 is 2.11 bits per heavy atom. The molecule has 2 rings (SSSR count). The van der Waals surface area contributed by atoms with Crippen LogP contribution in [0.3, 0.4) is 0 Å². The molecule has 1 aliphatic rings. The average Bonchev–Trinajstić information content (AvgIpc) is 2.72. The lowest BCUT2D eigenvalue weighted by atomic mass is 10.1. The molecule has 0 spiro atoms. The summed E-state index contributed by atoms with van der Waals surface area (Å²) in [5.41, 5.74) is 0. The van der Waals surface area contributed by atoms with Crippen LogP contribution in [-0.4, -0.2) is 24.0 Å². The van der Waals surface area contributed by atoms with Gasteiger partial charge in [0.15, 0.2) is 0 Å². The summed E-state index contributed by atoms with van der Waals surface area (Å²) in [6.45, 7) is 9.05. The Hall–Kier alpha value is -0.380. The van der Waals surface area contributed by atoms with Crippen molar-refractivity contribution in [2.75, 3.05) is 13.1 Å². The number of hydrogen-bond acceptors (Lipinski definition) is 3. The highest BCUT2D eigenvalue weighted by molar-refractivity contribution is 7.11. The van der Waals surface area contributed by atoms with Gasteiger partial charge in [-0.25, -0.2) is 0 Å². The van der Waals surface area contributed by atoms with Gasteiger partial charge in [-0.1, -0.05) is 19.8 Å². The van der Waals surface area contributed by atoms with Crippen LogP contribution < -0.4 is 5.32 Å². The van der Waals surface area contributed by atoms with Crippen molar-refractivity contribution in [3.63, 3.8) is 0 Å². The third-order valence-corrected chi connectivity index (χ3v) is 4.89. The van der Waals surface area contributed by atoms with Crippen LogP contribution in [0.5, 0.6) is 0 Å². The number of nitrogens with one attached hydrogen (secondary N) is 1. The first-order chi connectivity index (χ1) is 8.79. The first-order valence-corrected chi connectivity index (χ1v) is 8.13. The molecule has 0 bridgehead atoms. The number of nitrogens with zero attached hydrogens (tertiary/aromatic N) is 1. The highest BCUT2D eigenvalue weighted by Crippen LogP contribution is 2.23. The number of hydrogen-bond donors (Lipinski definition) is 1. The van der Waals surface area contributed by atoms with Gasteiger partial charge < -0.3 is 5.32 Å². The molecular formula is C15H26N2S. The molecule has 102 valence electrons. The second-order valence-corrected chi connectivity index (χ2v) is 6.57. The molecule has 1 aromatic heterocycles. The van der Waals surface area contributed by atoms with E-state index in [9.17, 15) is 0 Å². The SMILES string of the molecule is CCNCc1ccc(CN2CCCCCC2C)s1. The first-order valence-electron chi connectivity index (χ1n) is 7.32. The van der Waals surface area contributed by atoms with E-state index in [2.05, 4.69) is 36.2 Å². The van der Waals surface area contributed by atoms with Gasteiger partial charge in [0, 0.05) is 28.9 Å². The van der Waals surface area contributed by atoms with Crippen molar-refractivity contribution in [1.29, 1.82) is 0 Å². The number of rotatable bonds is 5. The molecule has 0 aliphatic carbocycles. The fourth-order valence-electron chi connectivity index (χ4n) is 2.62. The molecule has 1 aromatic rings.